The van der Waals surface area contributed by atoms with Crippen LogP contribution in [0.3, 0.4) is 0 Å². The third-order valence-electron chi connectivity index (χ3n) is 6.44. The summed E-state index contributed by atoms with van der Waals surface area (Å²) in [6.07, 6.45) is 6.13. The molecule has 2 aliphatic rings. The molecule has 2 aromatic rings. The van der Waals surface area contributed by atoms with Crippen molar-refractivity contribution in [3.05, 3.63) is 58.3 Å². The van der Waals surface area contributed by atoms with Crippen molar-refractivity contribution in [2.24, 2.45) is 0 Å². The van der Waals surface area contributed by atoms with E-state index in [2.05, 4.69) is 10.6 Å². The van der Waals surface area contributed by atoms with Gasteiger partial charge in [-0.3, -0.25) is 9.59 Å². The highest BCUT2D eigenvalue weighted by Crippen LogP contribution is 2.18. The zero-order chi connectivity index (χ0) is 23.0. The second kappa shape index (κ2) is 11.3. The third-order valence-corrected chi connectivity index (χ3v) is 7.31. The molecule has 1 atom stereocenters. The van der Waals surface area contributed by atoms with Gasteiger partial charge in [0.05, 0.1) is 4.88 Å². The van der Waals surface area contributed by atoms with Crippen molar-refractivity contribution in [3.8, 4) is 0 Å². The number of thiophene rings is 1. The van der Waals surface area contributed by atoms with Crippen LogP contribution in [-0.4, -0.2) is 65.9 Å². The van der Waals surface area contributed by atoms with Crippen LogP contribution in [0.5, 0.6) is 0 Å². The number of rotatable bonds is 6. The van der Waals surface area contributed by atoms with E-state index in [0.29, 0.717) is 37.5 Å². The fourth-order valence-electron chi connectivity index (χ4n) is 4.55. The summed E-state index contributed by atoms with van der Waals surface area (Å²) in [6.45, 7) is 1.94. The molecule has 33 heavy (non-hydrogen) atoms. The van der Waals surface area contributed by atoms with Crippen molar-refractivity contribution >= 4 is 29.2 Å². The molecule has 4 amide bonds. The van der Waals surface area contributed by atoms with Crippen LogP contribution in [0.1, 0.15) is 47.3 Å². The van der Waals surface area contributed by atoms with Crippen molar-refractivity contribution in [3.63, 3.8) is 0 Å². The van der Waals surface area contributed by atoms with Crippen LogP contribution in [0.15, 0.2) is 47.8 Å². The van der Waals surface area contributed by atoms with Gasteiger partial charge in [0.2, 0.25) is 5.91 Å². The van der Waals surface area contributed by atoms with Crippen LogP contribution in [0.2, 0.25) is 0 Å². The van der Waals surface area contributed by atoms with E-state index < -0.39 is 6.04 Å². The summed E-state index contributed by atoms with van der Waals surface area (Å²) in [5.41, 5.74) is 0.993. The van der Waals surface area contributed by atoms with Crippen molar-refractivity contribution < 1.29 is 14.4 Å². The average molecular weight is 469 g/mol. The molecule has 1 aromatic carbocycles. The number of hydrogen-bond acceptors (Lipinski definition) is 4. The van der Waals surface area contributed by atoms with Gasteiger partial charge in [0.15, 0.2) is 0 Å². The molecule has 0 bridgehead atoms. The van der Waals surface area contributed by atoms with E-state index >= 15 is 0 Å². The van der Waals surface area contributed by atoms with Gasteiger partial charge in [-0.1, -0.05) is 55.7 Å². The maximum Gasteiger partial charge on any atom is 0.317 e. The average Bonchev–Trinajstić information content (AvgIpc) is 3.40. The summed E-state index contributed by atoms with van der Waals surface area (Å²) in [5.74, 6) is -0.333. The minimum Gasteiger partial charge on any atom is -0.339 e. The molecule has 0 radical (unpaired) electrons. The molecule has 176 valence electrons. The number of amides is 4. The summed E-state index contributed by atoms with van der Waals surface area (Å²) in [7, 11) is 0. The smallest absolute Gasteiger partial charge is 0.317 e. The number of nitrogens with one attached hydrogen (secondary N) is 2. The van der Waals surface area contributed by atoms with Crippen LogP contribution in [0, 0.1) is 0 Å². The maximum atomic E-state index is 13.4. The minimum atomic E-state index is -0.649. The number of nitrogens with zero attached hydrogens (tertiary/aromatic N) is 2. The van der Waals surface area contributed by atoms with Gasteiger partial charge in [0.25, 0.3) is 5.91 Å². The predicted molar refractivity (Wildman–Crippen MR) is 129 cm³/mol. The first kappa shape index (κ1) is 23.3. The number of carbonyl (C=O) groups is 3. The lowest BCUT2D eigenvalue weighted by Gasteiger charge is -2.37. The Hall–Kier alpha value is -2.87. The summed E-state index contributed by atoms with van der Waals surface area (Å²) >= 11 is 1.36. The molecule has 1 saturated carbocycles. The summed E-state index contributed by atoms with van der Waals surface area (Å²) in [6, 6.07) is 12.9. The normalized spacial score (nSPS) is 17.9. The summed E-state index contributed by atoms with van der Waals surface area (Å²) < 4.78 is 0. The number of benzene rings is 1. The lowest BCUT2D eigenvalue weighted by atomic mass is 9.96. The molecule has 1 unspecified atom stereocenters. The van der Waals surface area contributed by atoms with Gasteiger partial charge in [0, 0.05) is 38.6 Å². The molecule has 7 nitrogen and oxygen atoms in total. The maximum absolute atomic E-state index is 13.4. The second-order valence-corrected chi connectivity index (χ2v) is 9.74. The molecular weight excluding hydrogens is 436 g/mol. The highest BCUT2D eigenvalue weighted by molar-refractivity contribution is 7.12. The first-order valence-corrected chi connectivity index (χ1v) is 12.7. The standard InChI is InChI=1S/C25H32N4O3S/c30-23(22-12-7-17-33-22)27-21(18-19-8-3-1-4-9-19)24(31)28-13-15-29(16-14-28)25(32)26-20-10-5-2-6-11-20/h1,3-4,7-9,12,17,20-21H,2,5-6,10-11,13-16,18H2,(H,26,32)(H,27,30). The van der Waals surface area contributed by atoms with Crippen molar-refractivity contribution in [2.75, 3.05) is 26.2 Å². The van der Waals surface area contributed by atoms with Crippen LogP contribution in [-0.2, 0) is 11.2 Å². The lowest BCUT2D eigenvalue weighted by Crippen LogP contribution is -2.58. The second-order valence-electron chi connectivity index (χ2n) is 8.79. The quantitative estimate of drug-likeness (QED) is 0.683. The zero-order valence-electron chi connectivity index (χ0n) is 18.9. The molecule has 1 saturated heterocycles. The van der Waals surface area contributed by atoms with Crippen LogP contribution < -0.4 is 10.6 Å². The molecule has 2 fully saturated rings. The van der Waals surface area contributed by atoms with E-state index in [1.165, 1.54) is 30.6 Å². The molecule has 2 heterocycles. The molecule has 1 aromatic heterocycles. The monoisotopic (exact) mass is 468 g/mol. The van der Waals surface area contributed by atoms with E-state index in [9.17, 15) is 14.4 Å². The first-order valence-electron chi connectivity index (χ1n) is 11.8. The first-order chi connectivity index (χ1) is 16.1. The molecule has 1 aliphatic heterocycles. The van der Waals surface area contributed by atoms with E-state index in [4.69, 9.17) is 0 Å². The topological polar surface area (TPSA) is 81.8 Å². The molecule has 1 aliphatic carbocycles. The van der Waals surface area contributed by atoms with E-state index in [0.717, 1.165) is 18.4 Å². The Bertz CT molecular complexity index is 920. The highest BCUT2D eigenvalue weighted by Gasteiger charge is 2.31. The molecule has 8 heteroatoms. The minimum absolute atomic E-state index is 0.0270. The van der Waals surface area contributed by atoms with Crippen molar-refractivity contribution in [1.29, 1.82) is 0 Å². The van der Waals surface area contributed by atoms with Gasteiger partial charge in [0.1, 0.15) is 6.04 Å². The van der Waals surface area contributed by atoms with E-state index in [-0.39, 0.29) is 23.9 Å². The van der Waals surface area contributed by atoms with E-state index in [1.54, 1.807) is 15.9 Å². The van der Waals surface area contributed by atoms with Crippen LogP contribution in [0.25, 0.3) is 0 Å². The fraction of sp³-hybridized carbons (Fsp3) is 0.480. The molecule has 0 spiro atoms. The molecule has 4 rings (SSSR count). The molecular formula is C25H32N4O3S. The van der Waals surface area contributed by atoms with Gasteiger partial charge in [-0.15, -0.1) is 11.3 Å². The van der Waals surface area contributed by atoms with Gasteiger partial charge in [-0.2, -0.15) is 0 Å². The summed E-state index contributed by atoms with van der Waals surface area (Å²) in [4.78, 5) is 42.9. The van der Waals surface area contributed by atoms with Gasteiger partial charge < -0.3 is 20.4 Å². The Balaban J connectivity index is 1.35. The van der Waals surface area contributed by atoms with Gasteiger partial charge in [-0.25, -0.2) is 4.79 Å². The Labute approximate surface area is 199 Å². The van der Waals surface area contributed by atoms with Crippen molar-refractivity contribution in [1.82, 2.24) is 20.4 Å². The highest BCUT2D eigenvalue weighted by atomic mass is 32.1. The summed E-state index contributed by atoms with van der Waals surface area (Å²) in [5, 5.41) is 7.95. The van der Waals surface area contributed by atoms with Crippen molar-refractivity contribution in [2.45, 2.75) is 50.6 Å². The number of hydrogen-bond donors (Lipinski definition) is 2. The number of urea groups is 1. The Morgan fingerprint density at radius 1 is 0.909 bits per heavy atom. The third kappa shape index (κ3) is 6.35. The Morgan fingerprint density at radius 3 is 2.27 bits per heavy atom. The Kier molecular flexibility index (Phi) is 7.99. The predicted octanol–water partition coefficient (Wildman–Crippen LogP) is 3.28. The molecule has 2 N–H and O–H groups in total. The lowest BCUT2D eigenvalue weighted by molar-refractivity contribution is -0.134. The van der Waals surface area contributed by atoms with Crippen LogP contribution >= 0.6 is 11.3 Å². The number of piperazine rings is 1. The van der Waals surface area contributed by atoms with E-state index in [1.807, 2.05) is 41.8 Å². The van der Waals surface area contributed by atoms with Gasteiger partial charge in [-0.05, 0) is 29.9 Å². The van der Waals surface area contributed by atoms with Gasteiger partial charge >= 0.3 is 6.03 Å². The zero-order valence-corrected chi connectivity index (χ0v) is 19.7. The number of carbonyl (C=O) groups excluding carboxylic acids is 3. The van der Waals surface area contributed by atoms with Crippen LogP contribution in [0.4, 0.5) is 4.79 Å². The Morgan fingerprint density at radius 2 is 1.61 bits per heavy atom. The SMILES string of the molecule is O=C(NC(Cc1ccccc1)C(=O)N1CCN(C(=O)NC2CCCCC2)CC1)c1cccs1. The largest absolute Gasteiger partial charge is 0.339 e. The fourth-order valence-corrected chi connectivity index (χ4v) is 5.18.